The van der Waals surface area contributed by atoms with E-state index >= 15 is 0 Å². The second-order valence-electron chi connectivity index (χ2n) is 5.51. The Morgan fingerprint density at radius 1 is 1.20 bits per heavy atom. The van der Waals surface area contributed by atoms with Crippen LogP contribution in [0.3, 0.4) is 0 Å². The molecule has 1 aromatic carbocycles. The summed E-state index contributed by atoms with van der Waals surface area (Å²) in [5.41, 5.74) is 6.99. The third-order valence-corrected chi connectivity index (χ3v) is 4.33. The summed E-state index contributed by atoms with van der Waals surface area (Å²) in [5.74, 6) is 1.26. The van der Waals surface area contributed by atoms with Crippen LogP contribution in [0.2, 0.25) is 0 Å². The van der Waals surface area contributed by atoms with Gasteiger partial charge >= 0.3 is 6.09 Å². The number of likely N-dealkylation sites (tertiary alicyclic amines) is 1. The van der Waals surface area contributed by atoms with Gasteiger partial charge in [-0.15, -0.1) is 12.4 Å². The first kappa shape index (κ1) is 15.1. The predicted octanol–water partition coefficient (Wildman–Crippen LogP) is 2.41. The van der Waals surface area contributed by atoms with Gasteiger partial charge in [0.1, 0.15) is 6.61 Å². The lowest BCUT2D eigenvalue weighted by atomic mass is 10.2. The Balaban J connectivity index is 0.00000147. The van der Waals surface area contributed by atoms with Crippen LogP contribution in [0.1, 0.15) is 18.4 Å². The third kappa shape index (κ3) is 3.25. The fourth-order valence-electron chi connectivity index (χ4n) is 3.00. The lowest BCUT2D eigenvalue weighted by Gasteiger charge is -2.20. The molecule has 2 aliphatic rings. The van der Waals surface area contributed by atoms with Gasteiger partial charge in [-0.25, -0.2) is 4.79 Å². The Morgan fingerprint density at radius 2 is 1.80 bits per heavy atom. The van der Waals surface area contributed by atoms with Crippen molar-refractivity contribution in [3.05, 3.63) is 35.9 Å². The summed E-state index contributed by atoms with van der Waals surface area (Å²) in [7, 11) is 0. The Labute approximate surface area is 125 Å². The highest BCUT2D eigenvalue weighted by atomic mass is 35.5. The van der Waals surface area contributed by atoms with E-state index in [2.05, 4.69) is 0 Å². The summed E-state index contributed by atoms with van der Waals surface area (Å²) in [5, 5.41) is 0. The summed E-state index contributed by atoms with van der Waals surface area (Å²) < 4.78 is 5.36. The number of benzene rings is 1. The maximum absolute atomic E-state index is 12.0. The van der Waals surface area contributed by atoms with Gasteiger partial charge in [-0.2, -0.15) is 0 Å². The van der Waals surface area contributed by atoms with Crippen LogP contribution >= 0.6 is 12.4 Å². The van der Waals surface area contributed by atoms with Gasteiger partial charge in [0, 0.05) is 19.1 Å². The SMILES string of the molecule is Cl.NC1[C@H]2CCN(C(=O)OCc3ccccc3)CC[C@@H]12. The molecule has 20 heavy (non-hydrogen) atoms. The highest BCUT2D eigenvalue weighted by Gasteiger charge is 2.48. The molecule has 1 amide bonds. The fraction of sp³-hybridized carbons (Fsp3) is 0.533. The molecule has 1 heterocycles. The van der Waals surface area contributed by atoms with Gasteiger partial charge in [-0.1, -0.05) is 30.3 Å². The molecule has 1 unspecified atom stereocenters. The summed E-state index contributed by atoms with van der Waals surface area (Å²) in [6.45, 7) is 1.91. The minimum Gasteiger partial charge on any atom is -0.445 e. The number of nitrogens with two attached hydrogens (primary N) is 1. The van der Waals surface area contributed by atoms with E-state index in [-0.39, 0.29) is 18.5 Å². The van der Waals surface area contributed by atoms with Crippen molar-refractivity contribution in [1.82, 2.24) is 4.90 Å². The predicted molar refractivity (Wildman–Crippen MR) is 79.6 cm³/mol. The number of hydrogen-bond donors (Lipinski definition) is 1. The zero-order valence-corrected chi connectivity index (χ0v) is 12.2. The number of fused-ring (bicyclic) bond motifs is 1. The van der Waals surface area contributed by atoms with Gasteiger partial charge in [0.25, 0.3) is 0 Å². The van der Waals surface area contributed by atoms with Crippen LogP contribution in [-0.4, -0.2) is 30.1 Å². The van der Waals surface area contributed by atoms with Crippen molar-refractivity contribution < 1.29 is 9.53 Å². The number of carbonyl (C=O) groups is 1. The molecule has 1 saturated carbocycles. The van der Waals surface area contributed by atoms with Crippen LogP contribution < -0.4 is 5.73 Å². The number of hydrogen-bond acceptors (Lipinski definition) is 3. The Hall–Kier alpha value is -1.26. The zero-order valence-electron chi connectivity index (χ0n) is 11.4. The van der Waals surface area contributed by atoms with Gasteiger partial charge < -0.3 is 15.4 Å². The van der Waals surface area contributed by atoms with Gasteiger partial charge in [-0.05, 0) is 30.2 Å². The van der Waals surface area contributed by atoms with Crippen LogP contribution in [0.5, 0.6) is 0 Å². The van der Waals surface area contributed by atoms with E-state index in [1.54, 1.807) is 0 Å². The smallest absolute Gasteiger partial charge is 0.410 e. The van der Waals surface area contributed by atoms with E-state index < -0.39 is 0 Å². The minimum atomic E-state index is -0.196. The maximum atomic E-state index is 12.0. The van der Waals surface area contributed by atoms with Crippen molar-refractivity contribution in [1.29, 1.82) is 0 Å². The minimum absolute atomic E-state index is 0. The number of ether oxygens (including phenoxy) is 1. The number of carbonyl (C=O) groups excluding carboxylic acids is 1. The number of nitrogens with zero attached hydrogens (tertiary/aromatic N) is 1. The molecule has 1 aliphatic heterocycles. The average molecular weight is 297 g/mol. The molecule has 1 saturated heterocycles. The lowest BCUT2D eigenvalue weighted by Crippen LogP contribution is -2.33. The topological polar surface area (TPSA) is 55.6 Å². The molecule has 4 nitrogen and oxygen atoms in total. The molecule has 1 aliphatic carbocycles. The second-order valence-corrected chi connectivity index (χ2v) is 5.51. The Morgan fingerprint density at radius 3 is 2.40 bits per heavy atom. The quantitative estimate of drug-likeness (QED) is 0.912. The van der Waals surface area contributed by atoms with Crippen molar-refractivity contribution in [3.63, 3.8) is 0 Å². The summed E-state index contributed by atoms with van der Waals surface area (Å²) >= 11 is 0. The maximum Gasteiger partial charge on any atom is 0.410 e. The second kappa shape index (κ2) is 6.46. The van der Waals surface area contributed by atoms with E-state index in [0.29, 0.717) is 24.5 Å². The van der Waals surface area contributed by atoms with Crippen LogP contribution in [0.25, 0.3) is 0 Å². The summed E-state index contributed by atoms with van der Waals surface area (Å²) in [4.78, 5) is 13.8. The normalized spacial score (nSPS) is 27.9. The molecular weight excluding hydrogens is 276 g/mol. The molecule has 0 spiro atoms. The first-order valence-corrected chi connectivity index (χ1v) is 6.97. The van der Waals surface area contributed by atoms with Gasteiger partial charge in [0.15, 0.2) is 0 Å². The summed E-state index contributed by atoms with van der Waals surface area (Å²) in [6, 6.07) is 10.2. The standard InChI is InChI=1S/C15H20N2O2.ClH/c16-14-12-6-8-17(9-7-13(12)14)15(18)19-10-11-4-2-1-3-5-11;/h1-5,12-14H,6-10,16H2;1H/t12-,13+,14?;. The highest BCUT2D eigenvalue weighted by molar-refractivity contribution is 5.85. The molecule has 3 rings (SSSR count). The first-order valence-electron chi connectivity index (χ1n) is 6.97. The largest absolute Gasteiger partial charge is 0.445 e. The molecule has 2 fully saturated rings. The number of halogens is 1. The van der Waals surface area contributed by atoms with Crippen LogP contribution in [-0.2, 0) is 11.3 Å². The van der Waals surface area contributed by atoms with Crippen molar-refractivity contribution in [3.8, 4) is 0 Å². The van der Waals surface area contributed by atoms with Crippen molar-refractivity contribution in [2.45, 2.75) is 25.5 Å². The number of rotatable bonds is 2. The highest BCUT2D eigenvalue weighted by Crippen LogP contribution is 2.44. The Bertz CT molecular complexity index is 440. The van der Waals surface area contributed by atoms with Crippen molar-refractivity contribution in [2.24, 2.45) is 17.6 Å². The molecule has 0 bridgehead atoms. The Kier molecular flexibility index (Phi) is 4.89. The van der Waals surface area contributed by atoms with Gasteiger partial charge in [-0.3, -0.25) is 0 Å². The average Bonchev–Trinajstić information content (AvgIpc) is 3.12. The molecule has 3 atom stereocenters. The van der Waals surface area contributed by atoms with E-state index in [1.807, 2.05) is 35.2 Å². The fourth-order valence-corrected chi connectivity index (χ4v) is 3.00. The molecule has 110 valence electrons. The van der Waals surface area contributed by atoms with E-state index in [1.165, 1.54) is 0 Å². The van der Waals surface area contributed by atoms with Crippen LogP contribution in [0.15, 0.2) is 30.3 Å². The molecular formula is C15H21ClN2O2. The zero-order chi connectivity index (χ0) is 13.2. The van der Waals surface area contributed by atoms with E-state index in [4.69, 9.17) is 10.5 Å². The molecule has 0 radical (unpaired) electrons. The van der Waals surface area contributed by atoms with Crippen molar-refractivity contribution >= 4 is 18.5 Å². The van der Waals surface area contributed by atoms with E-state index in [0.717, 1.165) is 31.5 Å². The monoisotopic (exact) mass is 296 g/mol. The van der Waals surface area contributed by atoms with Crippen LogP contribution in [0.4, 0.5) is 4.79 Å². The first-order chi connectivity index (χ1) is 9.25. The third-order valence-electron chi connectivity index (χ3n) is 4.33. The molecule has 0 aromatic heterocycles. The summed E-state index contributed by atoms with van der Waals surface area (Å²) in [6.07, 6.45) is 1.84. The number of amides is 1. The van der Waals surface area contributed by atoms with Gasteiger partial charge in [0.05, 0.1) is 0 Å². The van der Waals surface area contributed by atoms with Gasteiger partial charge in [0.2, 0.25) is 0 Å². The molecule has 2 N–H and O–H groups in total. The van der Waals surface area contributed by atoms with Crippen molar-refractivity contribution in [2.75, 3.05) is 13.1 Å². The molecule has 1 aromatic rings. The molecule has 5 heteroatoms. The lowest BCUT2D eigenvalue weighted by molar-refractivity contribution is 0.0962. The van der Waals surface area contributed by atoms with Crippen LogP contribution in [0, 0.1) is 11.8 Å². The van der Waals surface area contributed by atoms with E-state index in [9.17, 15) is 4.79 Å².